The van der Waals surface area contributed by atoms with Crippen LogP contribution >= 0.6 is 0 Å². The smallest absolute Gasteiger partial charge is 0.0351 e. The summed E-state index contributed by atoms with van der Waals surface area (Å²) in [6, 6.07) is 0. The summed E-state index contributed by atoms with van der Waals surface area (Å²) in [6.07, 6.45) is 5.82. The van der Waals surface area contributed by atoms with E-state index in [1.165, 1.54) is 25.7 Å². The first kappa shape index (κ1) is 9.09. The van der Waals surface area contributed by atoms with Gasteiger partial charge >= 0.3 is 0 Å². The minimum Gasteiger partial charge on any atom is -0.0625 e. The molecule has 1 fully saturated rings. The Hall–Kier alpha value is 0. The molecule has 0 aromatic carbocycles. The Kier molecular flexibility index (Phi) is 2.61. The van der Waals surface area contributed by atoms with Gasteiger partial charge < -0.3 is 0 Å². The first-order chi connectivity index (χ1) is 5.01. The van der Waals surface area contributed by atoms with Gasteiger partial charge in [-0.15, -0.1) is 0 Å². The van der Waals surface area contributed by atoms with Gasteiger partial charge in [0.15, 0.2) is 0 Å². The van der Waals surface area contributed by atoms with Crippen LogP contribution < -0.4 is 0 Å². The van der Waals surface area contributed by atoms with Crippen molar-refractivity contribution in [2.24, 2.45) is 17.3 Å². The van der Waals surface area contributed by atoms with Crippen molar-refractivity contribution in [2.75, 3.05) is 0 Å². The predicted octanol–water partition coefficient (Wildman–Crippen LogP) is 3.86. The van der Waals surface area contributed by atoms with E-state index in [0.717, 1.165) is 11.8 Å². The van der Waals surface area contributed by atoms with Crippen LogP contribution in [0.25, 0.3) is 0 Å². The molecule has 0 radical (unpaired) electrons. The van der Waals surface area contributed by atoms with E-state index in [-0.39, 0.29) is 0 Å². The molecule has 1 aliphatic rings. The molecule has 11 heavy (non-hydrogen) atoms. The van der Waals surface area contributed by atoms with Gasteiger partial charge in [0.25, 0.3) is 0 Å². The quantitative estimate of drug-likeness (QED) is 0.538. The summed E-state index contributed by atoms with van der Waals surface area (Å²) < 4.78 is 0. The van der Waals surface area contributed by atoms with Gasteiger partial charge in [-0.3, -0.25) is 0 Å². The first-order valence-corrected chi connectivity index (χ1v) is 5.01. The fraction of sp³-hybridized carbons (Fsp3) is 1.00. The standard InChI is InChI=1S/C11H22/c1-9(2)10-6-5-7-11(3,4)8-10/h9-10H,5-8H2,1-4H3/t10-/m1/s1. The van der Waals surface area contributed by atoms with Crippen LogP contribution in [0, 0.1) is 17.3 Å². The second-order valence-corrected chi connectivity index (χ2v) is 5.26. The lowest BCUT2D eigenvalue weighted by Crippen LogP contribution is -2.25. The van der Waals surface area contributed by atoms with Crippen LogP contribution in [0.15, 0.2) is 0 Å². The molecule has 0 aliphatic heterocycles. The van der Waals surface area contributed by atoms with Crippen LogP contribution in [0.3, 0.4) is 0 Å². The highest BCUT2D eigenvalue weighted by Crippen LogP contribution is 2.41. The van der Waals surface area contributed by atoms with E-state index >= 15 is 0 Å². The van der Waals surface area contributed by atoms with Crippen molar-refractivity contribution in [3.05, 3.63) is 0 Å². The van der Waals surface area contributed by atoms with Gasteiger partial charge in [-0.05, 0) is 30.1 Å². The van der Waals surface area contributed by atoms with Gasteiger partial charge in [0.05, 0.1) is 0 Å². The zero-order valence-electron chi connectivity index (χ0n) is 8.48. The molecule has 0 amide bonds. The lowest BCUT2D eigenvalue weighted by molar-refractivity contribution is 0.147. The average molecular weight is 154 g/mol. The second-order valence-electron chi connectivity index (χ2n) is 5.26. The lowest BCUT2D eigenvalue weighted by Gasteiger charge is -2.37. The minimum atomic E-state index is 0.632. The third-order valence-electron chi connectivity index (χ3n) is 3.19. The summed E-state index contributed by atoms with van der Waals surface area (Å²) in [7, 11) is 0. The molecule has 0 saturated heterocycles. The van der Waals surface area contributed by atoms with Gasteiger partial charge in [0.1, 0.15) is 0 Å². The van der Waals surface area contributed by atoms with Gasteiger partial charge in [0, 0.05) is 0 Å². The SMILES string of the molecule is CC(C)[C@@H]1CCCC(C)(C)C1. The topological polar surface area (TPSA) is 0 Å². The maximum absolute atomic E-state index is 2.42. The maximum atomic E-state index is 2.42. The van der Waals surface area contributed by atoms with Gasteiger partial charge in [-0.2, -0.15) is 0 Å². The van der Waals surface area contributed by atoms with Crippen molar-refractivity contribution in [1.29, 1.82) is 0 Å². The molecule has 0 unspecified atom stereocenters. The van der Waals surface area contributed by atoms with E-state index < -0.39 is 0 Å². The first-order valence-electron chi connectivity index (χ1n) is 5.01. The summed E-state index contributed by atoms with van der Waals surface area (Å²) in [5.41, 5.74) is 0.632. The molecule has 0 bridgehead atoms. The molecule has 66 valence electrons. The number of hydrogen-bond donors (Lipinski definition) is 0. The molecular weight excluding hydrogens is 132 g/mol. The Bertz CT molecular complexity index is 122. The average Bonchev–Trinajstić information content (AvgIpc) is 1.85. The van der Waals surface area contributed by atoms with Crippen molar-refractivity contribution < 1.29 is 0 Å². The minimum absolute atomic E-state index is 0.632. The summed E-state index contributed by atoms with van der Waals surface area (Å²) >= 11 is 0. The van der Waals surface area contributed by atoms with Gasteiger partial charge in [-0.25, -0.2) is 0 Å². The summed E-state index contributed by atoms with van der Waals surface area (Å²) in [6.45, 7) is 9.57. The fourth-order valence-electron chi connectivity index (χ4n) is 2.33. The molecule has 1 saturated carbocycles. The fourth-order valence-corrected chi connectivity index (χ4v) is 2.33. The van der Waals surface area contributed by atoms with Crippen LogP contribution in [0.4, 0.5) is 0 Å². The molecule has 0 heteroatoms. The monoisotopic (exact) mass is 154 g/mol. The summed E-state index contributed by atoms with van der Waals surface area (Å²) in [5.74, 6) is 1.90. The maximum Gasteiger partial charge on any atom is -0.0351 e. The number of rotatable bonds is 1. The van der Waals surface area contributed by atoms with E-state index in [4.69, 9.17) is 0 Å². The van der Waals surface area contributed by atoms with Crippen LogP contribution in [0.1, 0.15) is 53.4 Å². The van der Waals surface area contributed by atoms with Crippen LogP contribution in [0.5, 0.6) is 0 Å². The Labute approximate surface area is 71.4 Å². The van der Waals surface area contributed by atoms with Gasteiger partial charge in [-0.1, -0.05) is 40.5 Å². The molecule has 1 aliphatic carbocycles. The normalized spacial score (nSPS) is 30.8. The Balaban J connectivity index is 2.46. The zero-order valence-corrected chi connectivity index (χ0v) is 8.48. The van der Waals surface area contributed by atoms with E-state index in [2.05, 4.69) is 27.7 Å². The third kappa shape index (κ3) is 2.50. The Morgan fingerprint density at radius 2 is 1.91 bits per heavy atom. The van der Waals surface area contributed by atoms with E-state index in [0.29, 0.717) is 5.41 Å². The van der Waals surface area contributed by atoms with Crippen LogP contribution in [0.2, 0.25) is 0 Å². The van der Waals surface area contributed by atoms with Crippen molar-refractivity contribution >= 4 is 0 Å². The molecule has 0 aromatic heterocycles. The highest BCUT2D eigenvalue weighted by atomic mass is 14.3. The second kappa shape index (κ2) is 3.16. The largest absolute Gasteiger partial charge is 0.0625 e. The summed E-state index contributed by atoms with van der Waals surface area (Å²) in [4.78, 5) is 0. The highest BCUT2D eigenvalue weighted by Gasteiger charge is 2.29. The molecular formula is C11H22. The van der Waals surface area contributed by atoms with Crippen LogP contribution in [-0.4, -0.2) is 0 Å². The third-order valence-corrected chi connectivity index (χ3v) is 3.19. The van der Waals surface area contributed by atoms with E-state index in [9.17, 15) is 0 Å². The molecule has 0 nitrogen and oxygen atoms in total. The van der Waals surface area contributed by atoms with E-state index in [1.807, 2.05) is 0 Å². The predicted molar refractivity (Wildman–Crippen MR) is 50.6 cm³/mol. The molecule has 0 aromatic rings. The Morgan fingerprint density at radius 1 is 1.27 bits per heavy atom. The molecule has 0 N–H and O–H groups in total. The Morgan fingerprint density at radius 3 is 2.27 bits per heavy atom. The van der Waals surface area contributed by atoms with E-state index in [1.54, 1.807) is 0 Å². The van der Waals surface area contributed by atoms with Crippen molar-refractivity contribution in [2.45, 2.75) is 53.4 Å². The van der Waals surface area contributed by atoms with Crippen LogP contribution in [-0.2, 0) is 0 Å². The zero-order chi connectivity index (χ0) is 8.48. The lowest BCUT2D eigenvalue weighted by atomic mass is 9.69. The van der Waals surface area contributed by atoms with Crippen molar-refractivity contribution in [3.8, 4) is 0 Å². The summed E-state index contributed by atoms with van der Waals surface area (Å²) in [5, 5.41) is 0. The van der Waals surface area contributed by atoms with Crippen molar-refractivity contribution in [1.82, 2.24) is 0 Å². The molecule has 1 rings (SSSR count). The molecule has 0 heterocycles. The highest BCUT2D eigenvalue weighted by molar-refractivity contribution is 4.80. The van der Waals surface area contributed by atoms with Crippen molar-refractivity contribution in [3.63, 3.8) is 0 Å². The van der Waals surface area contributed by atoms with Gasteiger partial charge in [0.2, 0.25) is 0 Å². The molecule has 1 atom stereocenters. The molecule has 0 spiro atoms. The number of hydrogen-bond acceptors (Lipinski definition) is 0.